The molecule has 1 heterocycles. The predicted octanol–water partition coefficient (Wildman–Crippen LogP) is 0.529. The average molecular weight is 363 g/mol. The van der Waals surface area contributed by atoms with E-state index in [2.05, 4.69) is 15.8 Å². The highest BCUT2D eigenvalue weighted by molar-refractivity contribution is 6.35. The van der Waals surface area contributed by atoms with E-state index in [0.717, 1.165) is 12.8 Å². The van der Waals surface area contributed by atoms with E-state index in [1.165, 1.54) is 18.3 Å². The molecule has 26 heavy (non-hydrogen) atoms. The molecule has 9 heteroatoms. The lowest BCUT2D eigenvalue weighted by Crippen LogP contribution is -2.41. The topological polar surface area (TPSA) is 126 Å². The van der Waals surface area contributed by atoms with Crippen molar-refractivity contribution in [1.82, 2.24) is 10.7 Å². The molecule has 1 aliphatic heterocycles. The Morgan fingerprint density at radius 2 is 2.19 bits per heavy atom. The van der Waals surface area contributed by atoms with Gasteiger partial charge in [-0.3, -0.25) is 9.59 Å². The Labute approximate surface area is 150 Å². The molecular weight excluding hydrogens is 342 g/mol. The summed E-state index contributed by atoms with van der Waals surface area (Å²) in [5, 5.41) is 15.3. The number of benzene rings is 1. The van der Waals surface area contributed by atoms with Gasteiger partial charge in [-0.15, -0.1) is 0 Å². The summed E-state index contributed by atoms with van der Waals surface area (Å²) in [6.07, 6.45) is 2.97. The second kappa shape index (κ2) is 9.52. The second-order valence-corrected chi connectivity index (χ2v) is 5.54. The largest absolute Gasteiger partial charge is 0.493 e. The molecule has 0 saturated carbocycles. The van der Waals surface area contributed by atoms with Gasteiger partial charge in [0.15, 0.2) is 0 Å². The summed E-state index contributed by atoms with van der Waals surface area (Å²) >= 11 is 0. The van der Waals surface area contributed by atoms with Crippen LogP contribution in [0.2, 0.25) is 0 Å². The van der Waals surface area contributed by atoms with Crippen LogP contribution in [0.4, 0.5) is 0 Å². The van der Waals surface area contributed by atoms with Gasteiger partial charge in [-0.25, -0.2) is 10.2 Å². The molecule has 2 amide bonds. The first-order valence-corrected chi connectivity index (χ1v) is 8.24. The highest BCUT2D eigenvalue weighted by Gasteiger charge is 2.19. The predicted molar refractivity (Wildman–Crippen MR) is 92.3 cm³/mol. The molecule has 1 atom stereocenters. The molecule has 1 aromatic carbocycles. The minimum absolute atomic E-state index is 0.0172. The zero-order valence-electron chi connectivity index (χ0n) is 14.4. The number of aromatic carboxylic acids is 1. The number of carboxylic acid groups (broad SMARTS) is 1. The number of carbonyl (C=O) groups excluding carboxylic acids is 2. The molecule has 0 bridgehead atoms. The van der Waals surface area contributed by atoms with Crippen LogP contribution >= 0.6 is 0 Å². The first kappa shape index (κ1) is 19.4. The van der Waals surface area contributed by atoms with Gasteiger partial charge in [-0.1, -0.05) is 0 Å². The number of ether oxygens (including phenoxy) is 2. The van der Waals surface area contributed by atoms with Crippen molar-refractivity contribution >= 4 is 24.0 Å². The fourth-order valence-electron chi connectivity index (χ4n) is 2.38. The number of hydrogen-bond donors (Lipinski definition) is 3. The van der Waals surface area contributed by atoms with Gasteiger partial charge in [0.25, 0.3) is 0 Å². The fourth-order valence-corrected chi connectivity index (χ4v) is 2.38. The van der Waals surface area contributed by atoms with Gasteiger partial charge in [0.05, 0.1) is 18.9 Å². The molecule has 0 unspecified atom stereocenters. The number of hydrazone groups is 1. The van der Waals surface area contributed by atoms with Crippen molar-refractivity contribution in [2.24, 2.45) is 5.10 Å². The monoisotopic (exact) mass is 363 g/mol. The summed E-state index contributed by atoms with van der Waals surface area (Å²) in [5.74, 6) is -2.62. The number of amides is 2. The summed E-state index contributed by atoms with van der Waals surface area (Å²) in [5.41, 5.74) is 2.51. The van der Waals surface area contributed by atoms with Crippen molar-refractivity contribution in [3.05, 3.63) is 29.3 Å². The van der Waals surface area contributed by atoms with Crippen LogP contribution < -0.4 is 15.5 Å². The second-order valence-electron chi connectivity index (χ2n) is 5.54. The molecule has 3 N–H and O–H groups in total. The van der Waals surface area contributed by atoms with Crippen LogP contribution in [0, 0.1) is 0 Å². The SMILES string of the molecule is CCOc1ccc(/C=N\NC(=O)C(=O)NC[C@@H]2CCCO2)cc1C(=O)O. The molecular formula is C17H21N3O6. The summed E-state index contributed by atoms with van der Waals surface area (Å²) < 4.78 is 10.6. The Morgan fingerprint density at radius 1 is 1.38 bits per heavy atom. The molecule has 0 spiro atoms. The van der Waals surface area contributed by atoms with Gasteiger partial charge in [0.2, 0.25) is 0 Å². The van der Waals surface area contributed by atoms with Crippen LogP contribution in [0.25, 0.3) is 0 Å². The smallest absolute Gasteiger partial charge is 0.339 e. The van der Waals surface area contributed by atoms with Gasteiger partial charge in [-0.2, -0.15) is 5.10 Å². The van der Waals surface area contributed by atoms with Crippen molar-refractivity contribution in [2.75, 3.05) is 19.8 Å². The summed E-state index contributed by atoms with van der Waals surface area (Å²) in [7, 11) is 0. The van der Waals surface area contributed by atoms with Crippen LogP contribution in [0.3, 0.4) is 0 Å². The Hall–Kier alpha value is -2.94. The lowest BCUT2D eigenvalue weighted by Gasteiger charge is -2.09. The quantitative estimate of drug-likeness (QED) is 0.368. The fraction of sp³-hybridized carbons (Fsp3) is 0.412. The van der Waals surface area contributed by atoms with Crippen LogP contribution in [-0.2, 0) is 14.3 Å². The molecule has 9 nitrogen and oxygen atoms in total. The van der Waals surface area contributed by atoms with E-state index in [4.69, 9.17) is 9.47 Å². The Morgan fingerprint density at radius 3 is 2.85 bits per heavy atom. The highest BCUT2D eigenvalue weighted by Crippen LogP contribution is 2.19. The molecule has 0 aliphatic carbocycles. The molecule has 2 rings (SSSR count). The maximum absolute atomic E-state index is 11.7. The van der Waals surface area contributed by atoms with E-state index in [1.807, 2.05) is 0 Å². The highest BCUT2D eigenvalue weighted by atomic mass is 16.5. The molecule has 140 valence electrons. The number of hydrogen-bond acceptors (Lipinski definition) is 6. The standard InChI is InChI=1S/C17H21N3O6/c1-2-25-14-6-5-11(8-13(14)17(23)24)9-19-20-16(22)15(21)18-10-12-4-3-7-26-12/h5-6,8-9,12H,2-4,7,10H2,1H3,(H,18,21)(H,20,22)(H,23,24)/b19-9-/t12-/m0/s1. The van der Waals surface area contributed by atoms with Crippen LogP contribution in [0.5, 0.6) is 5.75 Å². The third-order valence-corrected chi connectivity index (χ3v) is 3.63. The van der Waals surface area contributed by atoms with Crippen LogP contribution in [-0.4, -0.2) is 55.0 Å². The van der Waals surface area contributed by atoms with Crippen LogP contribution in [0.15, 0.2) is 23.3 Å². The van der Waals surface area contributed by atoms with E-state index < -0.39 is 17.8 Å². The van der Waals surface area contributed by atoms with Crippen molar-refractivity contribution in [1.29, 1.82) is 0 Å². The van der Waals surface area contributed by atoms with E-state index in [0.29, 0.717) is 18.8 Å². The van der Waals surface area contributed by atoms with Gasteiger partial charge in [0, 0.05) is 13.2 Å². The first-order valence-electron chi connectivity index (χ1n) is 8.24. The number of carboxylic acids is 1. The Bertz CT molecular complexity index is 698. The lowest BCUT2D eigenvalue weighted by atomic mass is 10.1. The summed E-state index contributed by atoms with van der Waals surface area (Å²) in [6.45, 7) is 3.03. The molecule has 0 radical (unpaired) electrons. The van der Waals surface area contributed by atoms with Gasteiger partial charge in [0.1, 0.15) is 11.3 Å². The zero-order valence-corrected chi connectivity index (χ0v) is 14.4. The minimum atomic E-state index is -1.14. The van der Waals surface area contributed by atoms with Crippen LogP contribution in [0.1, 0.15) is 35.7 Å². The van der Waals surface area contributed by atoms with E-state index in [-0.39, 0.29) is 24.0 Å². The van der Waals surface area contributed by atoms with E-state index >= 15 is 0 Å². The van der Waals surface area contributed by atoms with Crippen molar-refractivity contribution in [3.8, 4) is 5.75 Å². The van der Waals surface area contributed by atoms with Gasteiger partial charge >= 0.3 is 17.8 Å². The maximum Gasteiger partial charge on any atom is 0.339 e. The normalized spacial score (nSPS) is 16.4. The molecule has 1 fully saturated rings. The van der Waals surface area contributed by atoms with E-state index in [9.17, 15) is 19.5 Å². The number of carbonyl (C=O) groups is 3. The third kappa shape index (κ3) is 5.55. The number of rotatable bonds is 7. The molecule has 1 aliphatic rings. The van der Waals surface area contributed by atoms with Gasteiger partial charge < -0.3 is 19.9 Å². The van der Waals surface area contributed by atoms with E-state index in [1.54, 1.807) is 13.0 Å². The van der Waals surface area contributed by atoms with Crippen molar-refractivity contribution in [2.45, 2.75) is 25.9 Å². The summed E-state index contributed by atoms with van der Waals surface area (Å²) in [6, 6.07) is 4.45. The lowest BCUT2D eigenvalue weighted by molar-refractivity contribution is -0.139. The summed E-state index contributed by atoms with van der Waals surface area (Å²) in [4.78, 5) is 34.6. The Kier molecular flexibility index (Phi) is 7.10. The zero-order chi connectivity index (χ0) is 18.9. The number of nitrogens with zero attached hydrogens (tertiary/aromatic N) is 1. The molecule has 1 saturated heterocycles. The maximum atomic E-state index is 11.7. The Balaban J connectivity index is 1.88. The minimum Gasteiger partial charge on any atom is -0.493 e. The van der Waals surface area contributed by atoms with Crippen molar-refractivity contribution < 1.29 is 29.0 Å². The third-order valence-electron chi connectivity index (χ3n) is 3.63. The average Bonchev–Trinajstić information content (AvgIpc) is 3.14. The molecule has 0 aromatic heterocycles. The van der Waals surface area contributed by atoms with Gasteiger partial charge in [-0.05, 0) is 43.5 Å². The molecule has 1 aromatic rings. The first-order chi connectivity index (χ1) is 12.5. The number of nitrogens with one attached hydrogen (secondary N) is 2. The van der Waals surface area contributed by atoms with Crippen molar-refractivity contribution in [3.63, 3.8) is 0 Å².